The molecule has 2 rings (SSSR count). The van der Waals surface area contributed by atoms with Crippen molar-refractivity contribution in [2.75, 3.05) is 27.4 Å². The lowest BCUT2D eigenvalue weighted by Gasteiger charge is -2.15. The molecule has 0 aliphatic heterocycles. The van der Waals surface area contributed by atoms with Crippen LogP contribution in [0.5, 0.6) is 5.75 Å². The molecule has 5 nitrogen and oxygen atoms in total. The highest BCUT2D eigenvalue weighted by molar-refractivity contribution is 14.0. The van der Waals surface area contributed by atoms with Gasteiger partial charge in [-0.05, 0) is 36.2 Å². The summed E-state index contributed by atoms with van der Waals surface area (Å²) >= 11 is 3.49. The van der Waals surface area contributed by atoms with Crippen molar-refractivity contribution in [3.63, 3.8) is 0 Å². The van der Waals surface area contributed by atoms with E-state index in [1.54, 1.807) is 14.2 Å². The predicted octanol–water partition coefficient (Wildman–Crippen LogP) is 4.27. The van der Waals surface area contributed by atoms with Crippen LogP contribution in [0.25, 0.3) is 0 Å². The van der Waals surface area contributed by atoms with Crippen LogP contribution in [0.2, 0.25) is 0 Å². The van der Waals surface area contributed by atoms with Gasteiger partial charge in [0.25, 0.3) is 0 Å². The normalized spacial score (nSPS) is 10.9. The van der Waals surface area contributed by atoms with E-state index in [0.29, 0.717) is 26.3 Å². The van der Waals surface area contributed by atoms with Gasteiger partial charge in [0.2, 0.25) is 0 Å². The van der Waals surface area contributed by atoms with E-state index < -0.39 is 0 Å². The maximum atomic E-state index is 5.84. The average molecular weight is 548 g/mol. The van der Waals surface area contributed by atoms with E-state index in [2.05, 4.69) is 62.7 Å². The fourth-order valence-electron chi connectivity index (χ4n) is 2.41. The van der Waals surface area contributed by atoms with Crippen LogP contribution in [-0.4, -0.2) is 33.3 Å². The van der Waals surface area contributed by atoms with Crippen LogP contribution in [0.1, 0.15) is 16.7 Å². The Kier molecular flexibility index (Phi) is 11.4. The summed E-state index contributed by atoms with van der Waals surface area (Å²) in [6.07, 6.45) is 0. The van der Waals surface area contributed by atoms with Crippen LogP contribution in [-0.2, 0) is 17.8 Å². The molecule has 0 saturated carbocycles. The van der Waals surface area contributed by atoms with Gasteiger partial charge in [-0.3, -0.25) is 4.99 Å². The fourth-order valence-corrected chi connectivity index (χ4v) is 2.86. The van der Waals surface area contributed by atoms with E-state index in [1.807, 2.05) is 18.2 Å². The number of nitrogens with one attached hydrogen (secondary N) is 2. The molecule has 2 aromatic rings. The molecule has 0 aromatic heterocycles. The zero-order valence-corrected chi connectivity index (χ0v) is 19.8. The van der Waals surface area contributed by atoms with E-state index in [4.69, 9.17) is 9.47 Å². The number of methoxy groups -OCH3 is 1. The Balaban J connectivity index is 0.00000364. The zero-order valence-electron chi connectivity index (χ0n) is 15.9. The topological polar surface area (TPSA) is 54.9 Å². The Morgan fingerprint density at radius 2 is 1.85 bits per heavy atom. The number of halogens is 2. The number of benzene rings is 2. The number of aryl methyl sites for hydroxylation is 1. The highest BCUT2D eigenvalue weighted by Gasteiger charge is 2.06. The Bertz CT molecular complexity index is 741. The van der Waals surface area contributed by atoms with E-state index >= 15 is 0 Å². The SMILES string of the molecule is CN=C(NCc1cccc(Br)c1)NCc1ccc(C)cc1OCCOC.I. The second-order valence-electron chi connectivity index (χ2n) is 5.86. The lowest BCUT2D eigenvalue weighted by atomic mass is 10.1. The zero-order chi connectivity index (χ0) is 18.8. The van der Waals surface area contributed by atoms with Crippen LogP contribution in [0, 0.1) is 6.92 Å². The van der Waals surface area contributed by atoms with Gasteiger partial charge in [-0.1, -0.05) is 40.2 Å². The first-order valence-corrected chi connectivity index (χ1v) is 9.32. The summed E-state index contributed by atoms with van der Waals surface area (Å²) in [4.78, 5) is 4.29. The average Bonchev–Trinajstić information content (AvgIpc) is 2.63. The molecule has 148 valence electrons. The molecule has 0 atom stereocenters. The number of guanidine groups is 1. The smallest absolute Gasteiger partial charge is 0.191 e. The van der Waals surface area contributed by atoms with Crippen LogP contribution >= 0.6 is 39.9 Å². The molecule has 27 heavy (non-hydrogen) atoms. The third-order valence-electron chi connectivity index (χ3n) is 3.79. The number of aliphatic imine (C=N–C) groups is 1. The predicted molar refractivity (Wildman–Crippen MR) is 125 cm³/mol. The summed E-state index contributed by atoms with van der Waals surface area (Å²) in [6, 6.07) is 14.4. The largest absolute Gasteiger partial charge is 0.491 e. The number of nitrogens with zero attached hydrogens (tertiary/aromatic N) is 1. The first kappa shape index (κ1) is 23.7. The quantitative estimate of drug-likeness (QED) is 0.224. The minimum absolute atomic E-state index is 0. The van der Waals surface area contributed by atoms with E-state index in [9.17, 15) is 0 Å². The molecule has 0 aliphatic carbocycles. The minimum atomic E-state index is 0. The fraction of sp³-hybridized carbons (Fsp3) is 0.350. The van der Waals surface area contributed by atoms with Crippen molar-refractivity contribution in [3.8, 4) is 5.75 Å². The lowest BCUT2D eigenvalue weighted by molar-refractivity contribution is 0.145. The minimum Gasteiger partial charge on any atom is -0.491 e. The van der Waals surface area contributed by atoms with Gasteiger partial charge in [-0.25, -0.2) is 0 Å². The number of ether oxygens (including phenoxy) is 2. The summed E-state index contributed by atoms with van der Waals surface area (Å²) in [5.74, 6) is 1.62. The third kappa shape index (κ3) is 8.49. The van der Waals surface area contributed by atoms with Crippen molar-refractivity contribution >= 4 is 45.9 Å². The summed E-state index contributed by atoms with van der Waals surface area (Å²) in [7, 11) is 3.43. The Labute approximate surface area is 187 Å². The first-order chi connectivity index (χ1) is 12.6. The number of rotatable bonds is 8. The molecule has 0 heterocycles. The molecule has 0 amide bonds. The van der Waals surface area contributed by atoms with E-state index in [0.717, 1.165) is 21.7 Å². The standard InChI is InChI=1S/C20H26BrN3O2.HI/c1-15-7-8-17(19(11-15)26-10-9-25-3)14-24-20(22-2)23-13-16-5-4-6-18(21)12-16;/h4-8,11-12H,9-10,13-14H2,1-3H3,(H2,22,23,24);1H. The van der Waals surface area contributed by atoms with Crippen LogP contribution < -0.4 is 15.4 Å². The van der Waals surface area contributed by atoms with Gasteiger partial charge in [-0.2, -0.15) is 0 Å². The van der Waals surface area contributed by atoms with Gasteiger partial charge >= 0.3 is 0 Å². The summed E-state index contributed by atoms with van der Waals surface area (Å²) in [5, 5.41) is 6.66. The second kappa shape index (κ2) is 13.0. The number of hydrogen-bond donors (Lipinski definition) is 2. The highest BCUT2D eigenvalue weighted by atomic mass is 127. The molecule has 0 spiro atoms. The van der Waals surface area contributed by atoms with Crippen molar-refractivity contribution < 1.29 is 9.47 Å². The van der Waals surface area contributed by atoms with Crippen molar-refractivity contribution in [3.05, 3.63) is 63.6 Å². The summed E-state index contributed by atoms with van der Waals surface area (Å²) in [5.41, 5.74) is 3.43. The molecule has 0 radical (unpaired) electrons. The van der Waals surface area contributed by atoms with Crippen LogP contribution in [0.15, 0.2) is 51.9 Å². The molecular formula is C20H27BrIN3O2. The first-order valence-electron chi connectivity index (χ1n) is 8.52. The van der Waals surface area contributed by atoms with Gasteiger partial charge < -0.3 is 20.1 Å². The summed E-state index contributed by atoms with van der Waals surface area (Å²) < 4.78 is 12.0. The Morgan fingerprint density at radius 1 is 1.07 bits per heavy atom. The van der Waals surface area contributed by atoms with Gasteiger partial charge in [-0.15, -0.1) is 24.0 Å². The van der Waals surface area contributed by atoms with Crippen molar-refractivity contribution in [2.24, 2.45) is 4.99 Å². The summed E-state index contributed by atoms with van der Waals surface area (Å²) in [6.45, 7) is 4.48. The third-order valence-corrected chi connectivity index (χ3v) is 4.28. The van der Waals surface area contributed by atoms with Gasteiger partial charge in [0.1, 0.15) is 12.4 Å². The monoisotopic (exact) mass is 547 g/mol. The Hall–Kier alpha value is -1.32. The second-order valence-corrected chi connectivity index (χ2v) is 6.78. The molecule has 0 bridgehead atoms. The van der Waals surface area contributed by atoms with Crippen molar-refractivity contribution in [1.29, 1.82) is 0 Å². The molecule has 0 aliphatic rings. The Morgan fingerprint density at radius 3 is 2.56 bits per heavy atom. The lowest BCUT2D eigenvalue weighted by Crippen LogP contribution is -2.36. The van der Waals surface area contributed by atoms with Gasteiger partial charge in [0, 0.05) is 37.3 Å². The van der Waals surface area contributed by atoms with E-state index in [1.165, 1.54) is 11.1 Å². The van der Waals surface area contributed by atoms with Crippen molar-refractivity contribution in [2.45, 2.75) is 20.0 Å². The van der Waals surface area contributed by atoms with Crippen LogP contribution in [0.3, 0.4) is 0 Å². The highest BCUT2D eigenvalue weighted by Crippen LogP contribution is 2.20. The molecule has 2 N–H and O–H groups in total. The van der Waals surface area contributed by atoms with E-state index in [-0.39, 0.29) is 24.0 Å². The van der Waals surface area contributed by atoms with Crippen molar-refractivity contribution in [1.82, 2.24) is 10.6 Å². The molecule has 2 aromatic carbocycles. The maximum Gasteiger partial charge on any atom is 0.191 e. The molecule has 0 saturated heterocycles. The number of hydrogen-bond acceptors (Lipinski definition) is 3. The molecule has 7 heteroatoms. The van der Waals surface area contributed by atoms with Crippen LogP contribution in [0.4, 0.5) is 0 Å². The molecule has 0 unspecified atom stereocenters. The molecular weight excluding hydrogens is 521 g/mol. The van der Waals surface area contributed by atoms with Gasteiger partial charge in [0.05, 0.1) is 6.61 Å². The maximum absolute atomic E-state index is 5.84. The van der Waals surface area contributed by atoms with Gasteiger partial charge in [0.15, 0.2) is 5.96 Å². The molecule has 0 fully saturated rings.